The van der Waals surface area contributed by atoms with E-state index in [1.165, 1.54) is 19.4 Å². The molecule has 0 aromatic rings. The number of nitrogens with zero attached hydrogens (tertiary/aromatic N) is 1. The molecule has 1 fully saturated rings. The lowest BCUT2D eigenvalue weighted by molar-refractivity contribution is 0.129. The summed E-state index contributed by atoms with van der Waals surface area (Å²) in [4.78, 5) is 3.22. The summed E-state index contributed by atoms with van der Waals surface area (Å²) in [5.74, 6) is 0.900. The summed E-state index contributed by atoms with van der Waals surface area (Å²) in [5, 5.41) is 0. The molecule has 2 nitrogen and oxygen atoms in total. The van der Waals surface area contributed by atoms with E-state index < -0.39 is 0 Å². The fourth-order valence-electron chi connectivity index (χ4n) is 2.24. The smallest absolute Gasteiger partial charge is 0.0727 e. The zero-order chi connectivity index (χ0) is 10.6. The van der Waals surface area contributed by atoms with E-state index in [0.717, 1.165) is 31.3 Å². The van der Waals surface area contributed by atoms with Crippen molar-refractivity contribution >= 4 is 17.2 Å². The molecule has 1 heterocycles. The lowest BCUT2D eigenvalue weighted by Crippen LogP contribution is -2.40. The summed E-state index contributed by atoms with van der Waals surface area (Å²) in [5.41, 5.74) is 5.48. The van der Waals surface area contributed by atoms with Gasteiger partial charge < -0.3 is 10.6 Å². The van der Waals surface area contributed by atoms with Crippen molar-refractivity contribution in [2.75, 3.05) is 13.1 Å². The van der Waals surface area contributed by atoms with Crippen LogP contribution in [0.4, 0.5) is 0 Å². The monoisotopic (exact) mass is 214 g/mol. The molecule has 0 aliphatic carbocycles. The molecule has 3 heteroatoms. The first-order valence-corrected chi connectivity index (χ1v) is 6.02. The van der Waals surface area contributed by atoms with Crippen molar-refractivity contribution in [1.82, 2.24) is 4.90 Å². The molecule has 0 saturated carbocycles. The van der Waals surface area contributed by atoms with Crippen LogP contribution in [0.25, 0.3) is 0 Å². The number of hydrogen-bond donors (Lipinski definition) is 1. The van der Waals surface area contributed by atoms with Gasteiger partial charge in [0.05, 0.1) is 4.99 Å². The first kappa shape index (κ1) is 11.9. The van der Waals surface area contributed by atoms with Gasteiger partial charge in [-0.1, -0.05) is 19.1 Å². The molecular formula is C11H22N2S. The second-order valence-corrected chi connectivity index (χ2v) is 5.11. The minimum atomic E-state index is 0.656. The molecule has 82 valence electrons. The molecule has 0 spiro atoms. The standard InChI is InChI=1S/C11H22N2S/c1-9-5-7-13(10(2)8-9)6-3-4-11(12)14/h9-10H,3-8H2,1-2H3,(H2,12,14). The third kappa shape index (κ3) is 3.93. The Hall–Kier alpha value is -0.150. The molecule has 1 aliphatic heterocycles. The van der Waals surface area contributed by atoms with Crippen LogP contribution in [0.1, 0.15) is 39.5 Å². The van der Waals surface area contributed by atoms with Gasteiger partial charge in [0.25, 0.3) is 0 Å². The highest BCUT2D eigenvalue weighted by Gasteiger charge is 2.21. The van der Waals surface area contributed by atoms with Crippen molar-refractivity contribution < 1.29 is 0 Å². The Morgan fingerprint density at radius 2 is 2.21 bits per heavy atom. The van der Waals surface area contributed by atoms with Crippen molar-refractivity contribution in [3.05, 3.63) is 0 Å². The van der Waals surface area contributed by atoms with Crippen LogP contribution in [0, 0.1) is 5.92 Å². The summed E-state index contributed by atoms with van der Waals surface area (Å²) in [7, 11) is 0. The molecule has 0 radical (unpaired) electrons. The number of piperidine rings is 1. The average molecular weight is 214 g/mol. The van der Waals surface area contributed by atoms with Crippen LogP contribution in [-0.4, -0.2) is 29.0 Å². The minimum absolute atomic E-state index is 0.656. The van der Waals surface area contributed by atoms with Crippen LogP contribution in [0.3, 0.4) is 0 Å². The molecule has 1 rings (SSSR count). The molecule has 0 aromatic carbocycles. The second-order valence-electron chi connectivity index (χ2n) is 4.58. The molecule has 0 amide bonds. The van der Waals surface area contributed by atoms with Gasteiger partial charge >= 0.3 is 0 Å². The van der Waals surface area contributed by atoms with E-state index in [4.69, 9.17) is 18.0 Å². The Kier molecular flexibility index (Phi) is 4.82. The molecule has 1 aliphatic rings. The highest BCUT2D eigenvalue weighted by Crippen LogP contribution is 2.22. The fourth-order valence-corrected chi connectivity index (χ4v) is 2.39. The SMILES string of the molecule is CC1CCN(CCCC(N)=S)C(C)C1. The maximum atomic E-state index is 5.48. The fraction of sp³-hybridized carbons (Fsp3) is 0.909. The van der Waals surface area contributed by atoms with Crippen LogP contribution >= 0.6 is 12.2 Å². The summed E-state index contributed by atoms with van der Waals surface area (Å²) >= 11 is 4.87. The molecular weight excluding hydrogens is 192 g/mol. The lowest BCUT2D eigenvalue weighted by atomic mass is 9.93. The van der Waals surface area contributed by atoms with Crippen molar-refractivity contribution in [3.63, 3.8) is 0 Å². The van der Waals surface area contributed by atoms with Crippen LogP contribution in [0.15, 0.2) is 0 Å². The van der Waals surface area contributed by atoms with Gasteiger partial charge in [0.2, 0.25) is 0 Å². The first-order valence-electron chi connectivity index (χ1n) is 5.62. The van der Waals surface area contributed by atoms with Gasteiger partial charge in [0.1, 0.15) is 0 Å². The highest BCUT2D eigenvalue weighted by atomic mass is 32.1. The average Bonchev–Trinajstić information content (AvgIpc) is 2.08. The molecule has 14 heavy (non-hydrogen) atoms. The predicted octanol–water partition coefficient (Wildman–Crippen LogP) is 2.17. The number of hydrogen-bond acceptors (Lipinski definition) is 2. The molecule has 2 unspecified atom stereocenters. The predicted molar refractivity (Wildman–Crippen MR) is 65.5 cm³/mol. The molecule has 2 N–H and O–H groups in total. The van der Waals surface area contributed by atoms with Crippen LogP contribution < -0.4 is 5.73 Å². The van der Waals surface area contributed by atoms with Gasteiger partial charge in [-0.05, 0) is 51.6 Å². The summed E-state index contributed by atoms with van der Waals surface area (Å²) in [6, 6.07) is 0.741. The lowest BCUT2D eigenvalue weighted by Gasteiger charge is -2.36. The minimum Gasteiger partial charge on any atom is -0.393 e. The van der Waals surface area contributed by atoms with Crippen LogP contribution in [0.2, 0.25) is 0 Å². The molecule has 0 aromatic heterocycles. The topological polar surface area (TPSA) is 29.3 Å². The van der Waals surface area contributed by atoms with E-state index >= 15 is 0 Å². The van der Waals surface area contributed by atoms with Crippen molar-refractivity contribution in [1.29, 1.82) is 0 Å². The number of thiocarbonyl (C=S) groups is 1. The van der Waals surface area contributed by atoms with Crippen LogP contribution in [0.5, 0.6) is 0 Å². The zero-order valence-electron chi connectivity index (χ0n) is 9.33. The largest absolute Gasteiger partial charge is 0.393 e. The Bertz CT molecular complexity index is 194. The summed E-state index contributed by atoms with van der Waals surface area (Å²) in [6.07, 6.45) is 4.70. The van der Waals surface area contributed by atoms with Crippen molar-refractivity contribution in [3.8, 4) is 0 Å². The normalized spacial score (nSPS) is 29.0. The maximum absolute atomic E-state index is 5.48. The second kappa shape index (κ2) is 5.66. The van der Waals surface area contributed by atoms with Crippen LogP contribution in [-0.2, 0) is 0 Å². The summed E-state index contributed by atoms with van der Waals surface area (Å²) in [6.45, 7) is 7.09. The zero-order valence-corrected chi connectivity index (χ0v) is 10.1. The number of nitrogens with two attached hydrogens (primary N) is 1. The van der Waals surface area contributed by atoms with Gasteiger partial charge in [0, 0.05) is 6.04 Å². The molecule has 0 bridgehead atoms. The van der Waals surface area contributed by atoms with E-state index in [1.807, 2.05) is 0 Å². The van der Waals surface area contributed by atoms with Gasteiger partial charge in [-0.15, -0.1) is 0 Å². The third-order valence-corrected chi connectivity index (χ3v) is 3.35. The van der Waals surface area contributed by atoms with Gasteiger partial charge in [-0.2, -0.15) is 0 Å². The Morgan fingerprint density at radius 3 is 2.79 bits per heavy atom. The Morgan fingerprint density at radius 1 is 1.50 bits per heavy atom. The Balaban J connectivity index is 2.20. The van der Waals surface area contributed by atoms with Gasteiger partial charge in [0.15, 0.2) is 0 Å². The number of rotatable bonds is 4. The van der Waals surface area contributed by atoms with E-state index in [0.29, 0.717) is 4.99 Å². The van der Waals surface area contributed by atoms with E-state index in [2.05, 4.69) is 18.7 Å². The summed E-state index contributed by atoms with van der Waals surface area (Å²) < 4.78 is 0. The molecule has 2 atom stereocenters. The van der Waals surface area contributed by atoms with Gasteiger partial charge in [-0.25, -0.2) is 0 Å². The van der Waals surface area contributed by atoms with E-state index in [9.17, 15) is 0 Å². The quantitative estimate of drug-likeness (QED) is 0.727. The number of likely N-dealkylation sites (tertiary alicyclic amines) is 1. The van der Waals surface area contributed by atoms with Crippen molar-refractivity contribution in [2.45, 2.75) is 45.6 Å². The van der Waals surface area contributed by atoms with E-state index in [1.54, 1.807) is 0 Å². The first-order chi connectivity index (χ1) is 6.59. The maximum Gasteiger partial charge on any atom is 0.0727 e. The highest BCUT2D eigenvalue weighted by molar-refractivity contribution is 7.80. The van der Waals surface area contributed by atoms with Crippen molar-refractivity contribution in [2.24, 2.45) is 11.7 Å². The Labute approximate surface area is 92.8 Å². The molecule has 1 saturated heterocycles. The van der Waals surface area contributed by atoms with Gasteiger partial charge in [-0.3, -0.25) is 0 Å². The van der Waals surface area contributed by atoms with E-state index in [-0.39, 0.29) is 0 Å². The third-order valence-electron chi connectivity index (χ3n) is 3.14.